The number of halogens is 2. The highest BCUT2D eigenvalue weighted by Gasteiger charge is 2.71. The van der Waals surface area contributed by atoms with Crippen molar-refractivity contribution in [2.24, 2.45) is 10.8 Å². The first-order chi connectivity index (χ1) is 13.3. The van der Waals surface area contributed by atoms with Gasteiger partial charge in [0.05, 0.1) is 18.1 Å². The SMILES string of the molecule is C[C@H](NC(=O)C12CC(COc3cc(C#N)ncn3)(C1)C2)c1cc(F)cc(F)c1. The Hall–Kier alpha value is -3.08. The molecule has 0 radical (unpaired) electrons. The van der Waals surface area contributed by atoms with Gasteiger partial charge in [-0.1, -0.05) is 0 Å². The Morgan fingerprint density at radius 3 is 2.57 bits per heavy atom. The predicted molar refractivity (Wildman–Crippen MR) is 93.9 cm³/mol. The van der Waals surface area contributed by atoms with Gasteiger partial charge in [0.2, 0.25) is 11.8 Å². The molecular formula is C20H18F2N4O2. The fourth-order valence-corrected chi connectivity index (χ4v) is 4.36. The van der Waals surface area contributed by atoms with E-state index < -0.39 is 23.1 Å². The van der Waals surface area contributed by atoms with Crippen LogP contribution in [0.4, 0.5) is 8.78 Å². The standard InChI is InChI=1S/C20H18F2N4O2/c1-12(13-2-14(21)4-15(22)3-13)26-18(27)20-7-19(8-20,9-20)10-28-17-5-16(6-23)24-11-25-17/h2-5,11-12H,7-10H2,1H3,(H,26,27)/t12-,19?,20?/m0/s1. The summed E-state index contributed by atoms with van der Waals surface area (Å²) in [5.74, 6) is -1.08. The molecule has 3 aliphatic rings. The monoisotopic (exact) mass is 384 g/mol. The van der Waals surface area contributed by atoms with E-state index in [9.17, 15) is 13.6 Å². The number of ether oxygens (including phenoxy) is 1. The summed E-state index contributed by atoms with van der Waals surface area (Å²) >= 11 is 0. The smallest absolute Gasteiger partial charge is 0.226 e. The molecule has 1 amide bonds. The molecule has 2 bridgehead atoms. The number of rotatable bonds is 6. The number of carbonyl (C=O) groups excluding carboxylic acids is 1. The molecule has 5 rings (SSSR count). The first kappa shape index (κ1) is 18.3. The van der Waals surface area contributed by atoms with Crippen LogP contribution in [0.1, 0.15) is 43.5 Å². The zero-order valence-electron chi connectivity index (χ0n) is 15.2. The number of amides is 1. The van der Waals surface area contributed by atoms with Crippen LogP contribution < -0.4 is 10.1 Å². The van der Waals surface area contributed by atoms with Crippen molar-refractivity contribution in [1.29, 1.82) is 5.26 Å². The van der Waals surface area contributed by atoms with Crippen LogP contribution >= 0.6 is 0 Å². The molecule has 1 N–H and O–H groups in total. The average Bonchev–Trinajstić information content (AvgIpc) is 2.58. The highest BCUT2D eigenvalue weighted by molar-refractivity contribution is 5.86. The maximum atomic E-state index is 13.4. The number of hydrogen-bond acceptors (Lipinski definition) is 5. The lowest BCUT2D eigenvalue weighted by molar-refractivity contribution is -0.218. The molecule has 0 aliphatic heterocycles. The third-order valence-electron chi connectivity index (χ3n) is 5.64. The van der Waals surface area contributed by atoms with E-state index >= 15 is 0 Å². The van der Waals surface area contributed by atoms with Crippen LogP contribution in [0.25, 0.3) is 0 Å². The van der Waals surface area contributed by atoms with E-state index in [4.69, 9.17) is 10.00 Å². The molecule has 28 heavy (non-hydrogen) atoms. The zero-order chi connectivity index (χ0) is 19.9. The largest absolute Gasteiger partial charge is 0.477 e. The van der Waals surface area contributed by atoms with E-state index in [1.54, 1.807) is 6.92 Å². The molecular weight excluding hydrogens is 366 g/mol. The second-order valence-electron chi connectivity index (χ2n) is 7.85. The summed E-state index contributed by atoms with van der Waals surface area (Å²) in [6.07, 6.45) is 3.38. The summed E-state index contributed by atoms with van der Waals surface area (Å²) < 4.78 is 32.4. The van der Waals surface area contributed by atoms with Crippen molar-refractivity contribution in [3.05, 3.63) is 53.5 Å². The Balaban J connectivity index is 1.31. The van der Waals surface area contributed by atoms with Gasteiger partial charge in [-0.05, 0) is 43.9 Å². The van der Waals surface area contributed by atoms with Gasteiger partial charge in [0.25, 0.3) is 0 Å². The molecule has 1 heterocycles. The van der Waals surface area contributed by atoms with E-state index in [1.165, 1.54) is 24.5 Å². The minimum atomic E-state index is -0.665. The van der Waals surface area contributed by atoms with E-state index in [2.05, 4.69) is 15.3 Å². The summed E-state index contributed by atoms with van der Waals surface area (Å²) in [5, 5.41) is 11.7. The quantitative estimate of drug-likeness (QED) is 0.827. The van der Waals surface area contributed by atoms with Crippen molar-refractivity contribution in [1.82, 2.24) is 15.3 Å². The summed E-state index contributed by atoms with van der Waals surface area (Å²) in [6, 6.07) is 6.18. The van der Waals surface area contributed by atoms with Gasteiger partial charge in [-0.25, -0.2) is 18.7 Å². The molecule has 144 valence electrons. The fraction of sp³-hybridized carbons (Fsp3) is 0.400. The molecule has 1 aromatic heterocycles. The second-order valence-corrected chi connectivity index (χ2v) is 7.85. The molecule has 6 nitrogen and oxygen atoms in total. The number of nitriles is 1. The van der Waals surface area contributed by atoms with Gasteiger partial charge in [-0.2, -0.15) is 5.26 Å². The van der Waals surface area contributed by atoms with E-state index in [0.717, 1.165) is 6.07 Å². The average molecular weight is 384 g/mol. The van der Waals surface area contributed by atoms with Crippen molar-refractivity contribution in [2.45, 2.75) is 32.2 Å². The number of aromatic nitrogens is 2. The van der Waals surface area contributed by atoms with Gasteiger partial charge in [0.15, 0.2) is 0 Å². The van der Waals surface area contributed by atoms with Crippen molar-refractivity contribution in [3.8, 4) is 11.9 Å². The summed E-state index contributed by atoms with van der Waals surface area (Å²) in [4.78, 5) is 20.4. The lowest BCUT2D eigenvalue weighted by atomic mass is 9.35. The van der Waals surface area contributed by atoms with Crippen LogP contribution in [0.15, 0.2) is 30.6 Å². The molecule has 3 saturated carbocycles. The minimum Gasteiger partial charge on any atom is -0.477 e. The molecule has 3 fully saturated rings. The Bertz CT molecular complexity index is 948. The van der Waals surface area contributed by atoms with Gasteiger partial charge in [-0.15, -0.1) is 0 Å². The topological polar surface area (TPSA) is 87.9 Å². The number of hydrogen-bond donors (Lipinski definition) is 1. The van der Waals surface area contributed by atoms with Crippen LogP contribution in [0.2, 0.25) is 0 Å². The van der Waals surface area contributed by atoms with Crippen molar-refractivity contribution < 1.29 is 18.3 Å². The van der Waals surface area contributed by atoms with E-state index in [0.29, 0.717) is 37.3 Å². The maximum absolute atomic E-state index is 13.4. The molecule has 3 aliphatic carbocycles. The van der Waals surface area contributed by atoms with Crippen molar-refractivity contribution in [3.63, 3.8) is 0 Å². The maximum Gasteiger partial charge on any atom is 0.226 e. The number of nitrogens with one attached hydrogen (secondary N) is 1. The van der Waals surface area contributed by atoms with Gasteiger partial charge in [0.1, 0.15) is 29.7 Å². The molecule has 2 aromatic rings. The van der Waals surface area contributed by atoms with Gasteiger partial charge in [0, 0.05) is 17.5 Å². The lowest BCUT2D eigenvalue weighted by Crippen LogP contribution is -2.69. The van der Waals surface area contributed by atoms with Crippen LogP contribution in [-0.4, -0.2) is 22.5 Å². The zero-order valence-corrected chi connectivity index (χ0v) is 15.2. The molecule has 1 aromatic carbocycles. The molecule has 8 heteroatoms. The highest BCUT2D eigenvalue weighted by atomic mass is 19.1. The van der Waals surface area contributed by atoms with Gasteiger partial charge in [-0.3, -0.25) is 4.79 Å². The Morgan fingerprint density at radius 2 is 1.93 bits per heavy atom. The molecule has 0 spiro atoms. The normalized spacial score (nSPS) is 25.6. The minimum absolute atomic E-state index is 0.0523. The van der Waals surface area contributed by atoms with E-state index in [-0.39, 0.29) is 17.0 Å². The van der Waals surface area contributed by atoms with Gasteiger partial charge >= 0.3 is 0 Å². The summed E-state index contributed by atoms with van der Waals surface area (Å²) in [5.41, 5.74) is 0.157. The van der Waals surface area contributed by atoms with Crippen LogP contribution in [0, 0.1) is 33.8 Å². The third kappa shape index (κ3) is 3.17. The Morgan fingerprint density at radius 1 is 1.25 bits per heavy atom. The van der Waals surface area contributed by atoms with Gasteiger partial charge < -0.3 is 10.1 Å². The molecule has 0 saturated heterocycles. The predicted octanol–water partition coefficient (Wildman–Crippen LogP) is 3.05. The second kappa shape index (κ2) is 6.51. The first-order valence-corrected chi connectivity index (χ1v) is 8.95. The summed E-state index contributed by atoms with van der Waals surface area (Å²) in [7, 11) is 0. The Kier molecular flexibility index (Phi) is 4.26. The molecule has 0 unspecified atom stereocenters. The number of benzene rings is 1. The van der Waals surface area contributed by atoms with Crippen LogP contribution in [-0.2, 0) is 4.79 Å². The van der Waals surface area contributed by atoms with Crippen molar-refractivity contribution in [2.75, 3.05) is 6.61 Å². The van der Waals surface area contributed by atoms with Crippen LogP contribution in [0.3, 0.4) is 0 Å². The first-order valence-electron chi connectivity index (χ1n) is 8.95. The number of carbonyl (C=O) groups is 1. The van der Waals surface area contributed by atoms with E-state index in [1.807, 2.05) is 6.07 Å². The third-order valence-corrected chi connectivity index (χ3v) is 5.64. The highest BCUT2D eigenvalue weighted by Crippen LogP contribution is 2.73. The Labute approximate surface area is 160 Å². The fourth-order valence-electron chi connectivity index (χ4n) is 4.36. The lowest BCUT2D eigenvalue weighted by Gasteiger charge is -2.68. The van der Waals surface area contributed by atoms with Crippen LogP contribution in [0.5, 0.6) is 5.88 Å². The summed E-state index contributed by atoms with van der Waals surface area (Å²) in [6.45, 7) is 2.13. The number of nitrogens with zero attached hydrogens (tertiary/aromatic N) is 3. The molecule has 1 atom stereocenters. The van der Waals surface area contributed by atoms with Crippen molar-refractivity contribution >= 4 is 5.91 Å².